The van der Waals surface area contributed by atoms with Crippen molar-refractivity contribution in [1.29, 1.82) is 0 Å². The highest BCUT2D eigenvalue weighted by molar-refractivity contribution is 5.75. The van der Waals surface area contributed by atoms with Crippen molar-refractivity contribution in [2.24, 2.45) is 23.7 Å². The van der Waals surface area contributed by atoms with Crippen LogP contribution >= 0.6 is 0 Å². The van der Waals surface area contributed by atoms with Gasteiger partial charge in [-0.25, -0.2) is 0 Å². The lowest BCUT2D eigenvalue weighted by atomic mass is 9.77. The van der Waals surface area contributed by atoms with Gasteiger partial charge in [-0.1, -0.05) is 18.9 Å². The maximum Gasteiger partial charge on any atom is 0.145 e. The lowest BCUT2D eigenvalue weighted by Gasteiger charge is -2.27. The van der Waals surface area contributed by atoms with E-state index in [1.807, 2.05) is 0 Å². The number of fused-ring (bicyclic) bond motifs is 5. The van der Waals surface area contributed by atoms with Gasteiger partial charge in [0.05, 0.1) is 0 Å². The van der Waals surface area contributed by atoms with Crippen LogP contribution in [0.1, 0.15) is 45.4 Å². The molecule has 4 atom stereocenters. The minimum absolute atomic E-state index is 0.808. The third kappa shape index (κ3) is 1.25. The molecule has 0 saturated heterocycles. The van der Waals surface area contributed by atoms with Gasteiger partial charge in [0.15, 0.2) is 0 Å². The Morgan fingerprint density at radius 3 is 2.93 bits per heavy atom. The number of carbonyl (C=O) groups is 1. The topological polar surface area (TPSA) is 17.1 Å². The predicted molar refractivity (Wildman–Crippen MR) is 60.4 cm³/mol. The van der Waals surface area contributed by atoms with Crippen molar-refractivity contribution in [2.45, 2.75) is 45.4 Å². The van der Waals surface area contributed by atoms with Gasteiger partial charge in [0.25, 0.3) is 0 Å². The Balaban J connectivity index is 1.92. The van der Waals surface area contributed by atoms with E-state index in [1.54, 1.807) is 5.57 Å². The summed E-state index contributed by atoms with van der Waals surface area (Å²) in [5, 5.41) is 0. The molecule has 0 heterocycles. The molecule has 3 saturated carbocycles. The molecule has 1 heteroatoms. The first-order valence-electron chi connectivity index (χ1n) is 6.52. The van der Waals surface area contributed by atoms with Gasteiger partial charge in [-0.3, -0.25) is 4.79 Å². The molecule has 0 aromatic rings. The first-order chi connectivity index (χ1) is 7.35. The summed E-state index contributed by atoms with van der Waals surface area (Å²) in [5.41, 5.74) is 2.69. The van der Waals surface area contributed by atoms with Gasteiger partial charge in [-0.15, -0.1) is 0 Å². The van der Waals surface area contributed by atoms with Gasteiger partial charge >= 0.3 is 0 Å². The first-order valence-corrected chi connectivity index (χ1v) is 6.52. The van der Waals surface area contributed by atoms with Crippen LogP contribution in [0.25, 0.3) is 0 Å². The second-order valence-electron chi connectivity index (χ2n) is 5.59. The molecule has 0 aromatic carbocycles. The number of hydrogen-bond donors (Lipinski definition) is 0. The molecule has 0 amide bonds. The molecular formula is C14H20O. The monoisotopic (exact) mass is 204 g/mol. The Kier molecular flexibility index (Phi) is 2.22. The Morgan fingerprint density at radius 2 is 2.20 bits per heavy atom. The highest BCUT2D eigenvalue weighted by Gasteiger charge is 2.51. The number of allylic oxidation sites excluding steroid dienone is 2. The molecular weight excluding hydrogens is 184 g/mol. The molecule has 0 radical (unpaired) electrons. The lowest BCUT2D eigenvalue weighted by Crippen LogP contribution is -2.19. The Bertz CT molecular complexity index is 315. The number of carbonyl (C=O) groups excluding carboxylic acids is 1. The summed E-state index contributed by atoms with van der Waals surface area (Å²) in [6.07, 6.45) is 9.08. The summed E-state index contributed by atoms with van der Waals surface area (Å²) in [6.45, 7) is 2.12. The molecule has 82 valence electrons. The van der Waals surface area contributed by atoms with E-state index in [2.05, 4.69) is 6.92 Å². The highest BCUT2D eigenvalue weighted by atomic mass is 16.1. The van der Waals surface area contributed by atoms with Gasteiger partial charge in [0.1, 0.15) is 6.29 Å². The molecule has 1 nitrogen and oxygen atoms in total. The highest BCUT2D eigenvalue weighted by Crippen LogP contribution is 2.61. The van der Waals surface area contributed by atoms with Gasteiger partial charge in [-0.2, -0.15) is 0 Å². The summed E-state index contributed by atoms with van der Waals surface area (Å²) in [7, 11) is 0. The molecule has 0 aromatic heterocycles. The zero-order valence-corrected chi connectivity index (χ0v) is 9.54. The van der Waals surface area contributed by atoms with E-state index in [0.717, 1.165) is 42.0 Å². The van der Waals surface area contributed by atoms with Crippen molar-refractivity contribution in [2.75, 3.05) is 0 Å². The van der Waals surface area contributed by atoms with Crippen LogP contribution in [-0.2, 0) is 4.79 Å². The van der Waals surface area contributed by atoms with Crippen LogP contribution in [0.2, 0.25) is 0 Å². The SMILES string of the molecule is CCC(C=O)=C1CC2CC1C1CCCC21. The Labute approximate surface area is 91.9 Å². The van der Waals surface area contributed by atoms with E-state index in [1.165, 1.54) is 32.1 Å². The number of rotatable bonds is 2. The van der Waals surface area contributed by atoms with Crippen LogP contribution < -0.4 is 0 Å². The molecule has 0 N–H and O–H groups in total. The van der Waals surface area contributed by atoms with Gasteiger partial charge in [0, 0.05) is 0 Å². The van der Waals surface area contributed by atoms with Crippen LogP contribution in [0.3, 0.4) is 0 Å². The molecule has 0 aliphatic heterocycles. The summed E-state index contributed by atoms with van der Waals surface area (Å²) in [5.74, 6) is 3.74. The average Bonchev–Trinajstić information content (AvgIpc) is 2.90. The van der Waals surface area contributed by atoms with Crippen LogP contribution in [0.4, 0.5) is 0 Å². The second-order valence-corrected chi connectivity index (χ2v) is 5.59. The van der Waals surface area contributed by atoms with E-state index >= 15 is 0 Å². The smallest absolute Gasteiger partial charge is 0.145 e. The second kappa shape index (κ2) is 3.47. The molecule has 2 bridgehead atoms. The number of hydrogen-bond acceptors (Lipinski definition) is 1. The third-order valence-corrected chi connectivity index (χ3v) is 5.17. The summed E-state index contributed by atoms with van der Waals surface area (Å²) < 4.78 is 0. The normalized spacial score (nSPS) is 45.7. The molecule has 3 aliphatic rings. The maximum absolute atomic E-state index is 11.0. The van der Waals surface area contributed by atoms with Crippen LogP contribution in [0.5, 0.6) is 0 Å². The van der Waals surface area contributed by atoms with Gasteiger partial charge in [-0.05, 0) is 61.3 Å². The molecule has 0 spiro atoms. The Morgan fingerprint density at radius 1 is 1.40 bits per heavy atom. The van der Waals surface area contributed by atoms with Crippen molar-refractivity contribution in [3.63, 3.8) is 0 Å². The summed E-state index contributed by atoms with van der Waals surface area (Å²) in [6, 6.07) is 0. The minimum atomic E-state index is 0.808. The zero-order chi connectivity index (χ0) is 10.4. The summed E-state index contributed by atoms with van der Waals surface area (Å²) >= 11 is 0. The van der Waals surface area contributed by atoms with E-state index in [4.69, 9.17) is 0 Å². The fraction of sp³-hybridized carbons (Fsp3) is 0.786. The Hall–Kier alpha value is -0.590. The van der Waals surface area contributed by atoms with Crippen molar-refractivity contribution in [3.8, 4) is 0 Å². The van der Waals surface area contributed by atoms with Crippen LogP contribution in [-0.4, -0.2) is 6.29 Å². The van der Waals surface area contributed by atoms with Crippen molar-refractivity contribution < 1.29 is 4.79 Å². The predicted octanol–water partition coefficient (Wildman–Crippen LogP) is 3.35. The van der Waals surface area contributed by atoms with Crippen molar-refractivity contribution >= 4 is 6.29 Å². The van der Waals surface area contributed by atoms with E-state index in [0.29, 0.717) is 0 Å². The van der Waals surface area contributed by atoms with Crippen LogP contribution in [0.15, 0.2) is 11.1 Å². The fourth-order valence-corrected chi connectivity index (χ4v) is 4.60. The van der Waals surface area contributed by atoms with Crippen molar-refractivity contribution in [3.05, 3.63) is 11.1 Å². The first kappa shape index (κ1) is 9.62. The minimum Gasteiger partial charge on any atom is -0.298 e. The number of aldehydes is 1. The quantitative estimate of drug-likeness (QED) is 0.498. The summed E-state index contributed by atoms with van der Waals surface area (Å²) in [4.78, 5) is 11.0. The maximum atomic E-state index is 11.0. The lowest BCUT2D eigenvalue weighted by molar-refractivity contribution is -0.105. The zero-order valence-electron chi connectivity index (χ0n) is 9.54. The molecule has 3 fully saturated rings. The van der Waals surface area contributed by atoms with E-state index < -0.39 is 0 Å². The molecule has 3 rings (SSSR count). The van der Waals surface area contributed by atoms with Crippen molar-refractivity contribution in [1.82, 2.24) is 0 Å². The standard InChI is InChI=1S/C14H20O/c1-2-9(8-15)13-6-10-7-14(13)12-5-3-4-11(10)12/h8,10-12,14H,2-7H2,1H3. The van der Waals surface area contributed by atoms with E-state index in [9.17, 15) is 4.79 Å². The third-order valence-electron chi connectivity index (χ3n) is 5.17. The largest absolute Gasteiger partial charge is 0.298 e. The van der Waals surface area contributed by atoms with Gasteiger partial charge in [0.2, 0.25) is 0 Å². The molecule has 4 unspecified atom stereocenters. The molecule has 3 aliphatic carbocycles. The average molecular weight is 204 g/mol. The molecule has 15 heavy (non-hydrogen) atoms. The fourth-order valence-electron chi connectivity index (χ4n) is 4.60. The van der Waals surface area contributed by atoms with E-state index in [-0.39, 0.29) is 0 Å². The van der Waals surface area contributed by atoms with Crippen LogP contribution in [0, 0.1) is 23.7 Å². The van der Waals surface area contributed by atoms with Gasteiger partial charge < -0.3 is 0 Å².